The SMILES string of the molecule is CC(=O)Nc1ccc(C(=O)COc2cccc3ccc(=O)[nH]c23)cc1. The first kappa shape index (κ1) is 16.4. The van der Waals surface area contributed by atoms with Gasteiger partial charge in [0.2, 0.25) is 11.5 Å². The number of carbonyl (C=O) groups is 2. The van der Waals surface area contributed by atoms with E-state index in [0.717, 1.165) is 5.39 Å². The molecule has 0 radical (unpaired) electrons. The quantitative estimate of drug-likeness (QED) is 0.701. The Morgan fingerprint density at radius 2 is 1.80 bits per heavy atom. The van der Waals surface area contributed by atoms with E-state index in [1.807, 2.05) is 6.07 Å². The Labute approximate surface area is 143 Å². The number of fused-ring (bicyclic) bond motifs is 1. The number of anilines is 1. The fourth-order valence-corrected chi connectivity index (χ4v) is 2.44. The highest BCUT2D eigenvalue weighted by atomic mass is 16.5. The molecule has 3 rings (SSSR count). The summed E-state index contributed by atoms with van der Waals surface area (Å²) in [6.45, 7) is 1.26. The third kappa shape index (κ3) is 3.92. The van der Waals surface area contributed by atoms with Crippen LogP contribution in [0, 0.1) is 0 Å². The molecule has 0 unspecified atom stereocenters. The van der Waals surface area contributed by atoms with Gasteiger partial charge in [-0.2, -0.15) is 0 Å². The van der Waals surface area contributed by atoms with Crippen LogP contribution in [0.3, 0.4) is 0 Å². The van der Waals surface area contributed by atoms with E-state index in [1.54, 1.807) is 42.5 Å². The van der Waals surface area contributed by atoms with Gasteiger partial charge in [0.05, 0.1) is 5.52 Å². The van der Waals surface area contributed by atoms with E-state index >= 15 is 0 Å². The summed E-state index contributed by atoms with van der Waals surface area (Å²) in [4.78, 5) is 37.5. The predicted octanol–water partition coefficient (Wildman–Crippen LogP) is 2.75. The second-order valence-electron chi connectivity index (χ2n) is 5.51. The Bertz CT molecular complexity index is 990. The monoisotopic (exact) mass is 336 g/mol. The van der Waals surface area contributed by atoms with Crippen LogP contribution in [0.1, 0.15) is 17.3 Å². The van der Waals surface area contributed by atoms with Crippen molar-refractivity contribution in [2.24, 2.45) is 0 Å². The van der Waals surface area contributed by atoms with Crippen molar-refractivity contribution < 1.29 is 14.3 Å². The van der Waals surface area contributed by atoms with E-state index in [-0.39, 0.29) is 23.9 Å². The van der Waals surface area contributed by atoms with Crippen LogP contribution in [0.25, 0.3) is 10.9 Å². The van der Waals surface area contributed by atoms with E-state index in [0.29, 0.717) is 22.5 Å². The van der Waals surface area contributed by atoms with E-state index in [4.69, 9.17) is 4.74 Å². The van der Waals surface area contributed by atoms with Crippen LogP contribution in [0.2, 0.25) is 0 Å². The average molecular weight is 336 g/mol. The third-order valence-corrected chi connectivity index (χ3v) is 3.61. The zero-order valence-electron chi connectivity index (χ0n) is 13.5. The number of aromatic nitrogens is 1. The van der Waals surface area contributed by atoms with Crippen LogP contribution in [0.4, 0.5) is 5.69 Å². The number of para-hydroxylation sites is 1. The number of Topliss-reactive ketones (excluding diaryl/α,β-unsaturated/α-hetero) is 1. The second kappa shape index (κ2) is 7.00. The van der Waals surface area contributed by atoms with Gasteiger partial charge < -0.3 is 15.0 Å². The summed E-state index contributed by atoms with van der Waals surface area (Å²) in [6.07, 6.45) is 0. The van der Waals surface area contributed by atoms with Crippen molar-refractivity contribution in [3.8, 4) is 5.75 Å². The van der Waals surface area contributed by atoms with Gasteiger partial charge in [-0.05, 0) is 36.4 Å². The molecule has 6 heteroatoms. The molecule has 2 aromatic carbocycles. The number of ketones is 1. The van der Waals surface area contributed by atoms with Gasteiger partial charge in [0, 0.05) is 29.6 Å². The molecule has 0 bridgehead atoms. The molecule has 1 aromatic heterocycles. The van der Waals surface area contributed by atoms with Crippen molar-refractivity contribution >= 4 is 28.3 Å². The molecule has 1 heterocycles. The van der Waals surface area contributed by atoms with Crippen LogP contribution >= 0.6 is 0 Å². The van der Waals surface area contributed by atoms with Crippen molar-refractivity contribution in [3.63, 3.8) is 0 Å². The summed E-state index contributed by atoms with van der Waals surface area (Å²) in [5, 5.41) is 3.46. The molecule has 0 saturated heterocycles. The van der Waals surface area contributed by atoms with Gasteiger partial charge in [-0.1, -0.05) is 12.1 Å². The van der Waals surface area contributed by atoms with Crippen LogP contribution in [-0.2, 0) is 4.79 Å². The lowest BCUT2D eigenvalue weighted by Gasteiger charge is -2.09. The molecule has 0 aliphatic heterocycles. The summed E-state index contributed by atoms with van der Waals surface area (Å²) >= 11 is 0. The Kier molecular flexibility index (Phi) is 4.61. The van der Waals surface area contributed by atoms with Crippen molar-refractivity contribution in [2.45, 2.75) is 6.92 Å². The van der Waals surface area contributed by atoms with Crippen molar-refractivity contribution in [3.05, 3.63) is 70.5 Å². The molecule has 6 nitrogen and oxygen atoms in total. The number of amides is 1. The van der Waals surface area contributed by atoms with Gasteiger partial charge in [0.25, 0.3) is 0 Å². The van der Waals surface area contributed by atoms with Crippen molar-refractivity contribution in [1.29, 1.82) is 0 Å². The van der Waals surface area contributed by atoms with Crippen LogP contribution in [0.5, 0.6) is 5.75 Å². The van der Waals surface area contributed by atoms with Gasteiger partial charge in [-0.25, -0.2) is 0 Å². The largest absolute Gasteiger partial charge is 0.483 e. The highest BCUT2D eigenvalue weighted by molar-refractivity contribution is 5.98. The van der Waals surface area contributed by atoms with Crippen LogP contribution < -0.4 is 15.6 Å². The molecule has 25 heavy (non-hydrogen) atoms. The minimum Gasteiger partial charge on any atom is -0.483 e. The summed E-state index contributed by atoms with van der Waals surface area (Å²) in [7, 11) is 0. The van der Waals surface area contributed by atoms with Crippen molar-refractivity contribution in [1.82, 2.24) is 4.98 Å². The number of carbonyl (C=O) groups excluding carboxylic acids is 2. The molecule has 0 atom stereocenters. The lowest BCUT2D eigenvalue weighted by molar-refractivity contribution is -0.114. The molecule has 0 aliphatic carbocycles. The van der Waals surface area contributed by atoms with Crippen LogP contribution in [-0.4, -0.2) is 23.3 Å². The molecule has 2 N–H and O–H groups in total. The topological polar surface area (TPSA) is 88.3 Å². The number of ether oxygens (including phenoxy) is 1. The molecule has 0 saturated carbocycles. The van der Waals surface area contributed by atoms with Crippen molar-refractivity contribution in [2.75, 3.05) is 11.9 Å². The van der Waals surface area contributed by atoms with Gasteiger partial charge in [0.1, 0.15) is 5.75 Å². The number of H-pyrrole nitrogens is 1. The Balaban J connectivity index is 1.73. The molecule has 126 valence electrons. The van der Waals surface area contributed by atoms with E-state index < -0.39 is 0 Å². The lowest BCUT2D eigenvalue weighted by atomic mass is 10.1. The Hall–Kier alpha value is -3.41. The second-order valence-corrected chi connectivity index (χ2v) is 5.51. The van der Waals surface area contributed by atoms with Gasteiger partial charge in [-0.15, -0.1) is 0 Å². The molecular formula is C19H16N2O4. The number of benzene rings is 2. The maximum absolute atomic E-state index is 12.3. The maximum atomic E-state index is 12.3. The number of nitrogens with one attached hydrogen (secondary N) is 2. The van der Waals surface area contributed by atoms with E-state index in [9.17, 15) is 14.4 Å². The standard InChI is InChI=1S/C19H16N2O4/c1-12(22)20-15-8-5-13(6-9-15)16(23)11-25-17-4-2-3-14-7-10-18(24)21-19(14)17/h2-10H,11H2,1H3,(H,20,22)(H,21,24). The average Bonchev–Trinajstić information content (AvgIpc) is 2.59. The van der Waals surface area contributed by atoms with Gasteiger partial charge >= 0.3 is 0 Å². The fraction of sp³-hybridized carbons (Fsp3) is 0.105. The minimum absolute atomic E-state index is 0.157. The fourth-order valence-electron chi connectivity index (χ4n) is 2.44. The summed E-state index contributed by atoms with van der Waals surface area (Å²) < 4.78 is 5.60. The van der Waals surface area contributed by atoms with Gasteiger partial charge in [0.15, 0.2) is 12.4 Å². The molecule has 0 aliphatic rings. The predicted molar refractivity (Wildman–Crippen MR) is 95.1 cm³/mol. The first-order chi connectivity index (χ1) is 12.0. The maximum Gasteiger partial charge on any atom is 0.248 e. The number of aromatic amines is 1. The number of rotatable bonds is 5. The summed E-state index contributed by atoms with van der Waals surface area (Å²) in [5.74, 6) is 0.0652. The zero-order chi connectivity index (χ0) is 17.8. The number of hydrogen-bond acceptors (Lipinski definition) is 4. The van der Waals surface area contributed by atoms with E-state index in [2.05, 4.69) is 10.3 Å². The first-order valence-electron chi connectivity index (χ1n) is 7.68. The first-order valence-corrected chi connectivity index (χ1v) is 7.68. The normalized spacial score (nSPS) is 10.4. The highest BCUT2D eigenvalue weighted by Gasteiger charge is 2.09. The molecular weight excluding hydrogens is 320 g/mol. The number of pyridine rings is 1. The third-order valence-electron chi connectivity index (χ3n) is 3.61. The smallest absolute Gasteiger partial charge is 0.248 e. The molecule has 1 amide bonds. The van der Waals surface area contributed by atoms with Crippen LogP contribution in [0.15, 0.2) is 59.4 Å². The highest BCUT2D eigenvalue weighted by Crippen LogP contribution is 2.22. The Morgan fingerprint density at radius 1 is 1.04 bits per heavy atom. The lowest BCUT2D eigenvalue weighted by Crippen LogP contribution is -2.13. The summed E-state index contributed by atoms with van der Waals surface area (Å²) in [6, 6.07) is 15.0. The molecule has 3 aromatic rings. The zero-order valence-corrected chi connectivity index (χ0v) is 13.5. The molecule has 0 fully saturated rings. The van der Waals surface area contributed by atoms with Gasteiger partial charge in [-0.3, -0.25) is 14.4 Å². The minimum atomic E-state index is -0.233. The van der Waals surface area contributed by atoms with E-state index in [1.165, 1.54) is 13.0 Å². The molecule has 0 spiro atoms. The summed E-state index contributed by atoms with van der Waals surface area (Å²) in [5.41, 5.74) is 1.42. The Morgan fingerprint density at radius 3 is 2.52 bits per heavy atom. The number of hydrogen-bond donors (Lipinski definition) is 2.